The lowest BCUT2D eigenvalue weighted by molar-refractivity contribution is -0.140. The summed E-state index contributed by atoms with van der Waals surface area (Å²) in [5.41, 5.74) is 6.54. The van der Waals surface area contributed by atoms with Crippen molar-refractivity contribution in [2.75, 3.05) is 0 Å². The Bertz CT molecular complexity index is 510. The summed E-state index contributed by atoms with van der Waals surface area (Å²) in [6, 6.07) is 4.49. The molecule has 0 spiro atoms. The number of likely N-dealkylation sites (tertiary alicyclic amines) is 1. The molecule has 1 saturated heterocycles. The molecule has 0 bridgehead atoms. The number of rotatable bonds is 3. The topological polar surface area (TPSA) is 63.4 Å². The van der Waals surface area contributed by atoms with Gasteiger partial charge in [-0.05, 0) is 17.7 Å². The third-order valence-corrected chi connectivity index (χ3v) is 3.73. The Kier molecular flexibility index (Phi) is 3.66. The lowest BCUT2D eigenvalue weighted by Gasteiger charge is -2.15. The molecule has 4 nitrogen and oxygen atoms in total. The van der Waals surface area contributed by atoms with Gasteiger partial charge in [0.05, 0.1) is 6.54 Å². The zero-order valence-corrected chi connectivity index (χ0v) is 11.0. The highest BCUT2D eigenvalue weighted by Crippen LogP contribution is 2.27. The smallest absolute Gasteiger partial charge is 0.233 e. The molecule has 2 atom stereocenters. The number of nitrogens with zero attached hydrogens (tertiary/aromatic N) is 1. The molecule has 0 radical (unpaired) electrons. The van der Waals surface area contributed by atoms with Crippen molar-refractivity contribution in [3.63, 3.8) is 0 Å². The van der Waals surface area contributed by atoms with Gasteiger partial charge in [0, 0.05) is 23.9 Å². The quantitative estimate of drug-likeness (QED) is 0.840. The maximum Gasteiger partial charge on any atom is 0.233 e. The number of hydrogen-bond acceptors (Lipinski definition) is 3. The Balaban J connectivity index is 2.22. The van der Waals surface area contributed by atoms with Crippen LogP contribution in [0.1, 0.15) is 25.0 Å². The van der Waals surface area contributed by atoms with E-state index in [0.29, 0.717) is 11.1 Å². The van der Waals surface area contributed by atoms with Gasteiger partial charge >= 0.3 is 0 Å². The highest BCUT2D eigenvalue weighted by molar-refractivity contribution is 6.04. The predicted molar refractivity (Wildman–Crippen MR) is 68.2 cm³/mol. The zero-order valence-electron chi connectivity index (χ0n) is 11.0. The minimum atomic E-state index is -0.368. The Morgan fingerprint density at radius 3 is 2.32 bits per heavy atom. The highest BCUT2D eigenvalue weighted by Gasteiger charge is 2.41. The van der Waals surface area contributed by atoms with Gasteiger partial charge < -0.3 is 5.73 Å². The van der Waals surface area contributed by atoms with Crippen LogP contribution in [0.2, 0.25) is 0 Å². The van der Waals surface area contributed by atoms with E-state index in [1.54, 1.807) is 26.0 Å². The summed E-state index contributed by atoms with van der Waals surface area (Å²) >= 11 is 0. The lowest BCUT2D eigenvalue weighted by Crippen LogP contribution is -2.30. The third kappa shape index (κ3) is 2.38. The number of halogens is 1. The Morgan fingerprint density at radius 2 is 1.79 bits per heavy atom. The number of imide groups is 1. The monoisotopic (exact) mass is 264 g/mol. The number of nitrogens with two attached hydrogens (primary N) is 1. The van der Waals surface area contributed by atoms with E-state index in [-0.39, 0.29) is 42.6 Å². The number of carbonyl (C=O) groups excluding carboxylic acids is 2. The maximum atomic E-state index is 13.3. The molecule has 102 valence electrons. The summed E-state index contributed by atoms with van der Waals surface area (Å²) in [4.78, 5) is 25.2. The van der Waals surface area contributed by atoms with Gasteiger partial charge in [0.2, 0.25) is 11.8 Å². The van der Waals surface area contributed by atoms with Crippen LogP contribution in [0.4, 0.5) is 4.39 Å². The molecule has 1 aromatic rings. The van der Waals surface area contributed by atoms with Crippen molar-refractivity contribution in [2.24, 2.45) is 17.6 Å². The summed E-state index contributed by atoms with van der Waals surface area (Å²) in [5.74, 6) is -1.29. The molecule has 1 aliphatic rings. The molecular formula is C14H17FN2O2. The van der Waals surface area contributed by atoms with Gasteiger partial charge in [0.15, 0.2) is 0 Å². The second-order valence-corrected chi connectivity index (χ2v) is 4.97. The van der Waals surface area contributed by atoms with E-state index in [0.717, 1.165) is 0 Å². The fraction of sp³-hybridized carbons (Fsp3) is 0.429. The van der Waals surface area contributed by atoms with E-state index in [4.69, 9.17) is 5.73 Å². The first-order valence-corrected chi connectivity index (χ1v) is 6.28. The molecule has 0 aromatic heterocycles. The van der Waals surface area contributed by atoms with E-state index < -0.39 is 0 Å². The fourth-order valence-electron chi connectivity index (χ4n) is 2.25. The fourth-order valence-corrected chi connectivity index (χ4v) is 2.25. The number of carbonyl (C=O) groups is 2. The van der Waals surface area contributed by atoms with Crippen molar-refractivity contribution in [1.82, 2.24) is 4.90 Å². The molecule has 2 amide bonds. The van der Waals surface area contributed by atoms with Crippen molar-refractivity contribution in [3.05, 3.63) is 35.1 Å². The van der Waals surface area contributed by atoms with Crippen molar-refractivity contribution >= 4 is 11.8 Å². The molecule has 19 heavy (non-hydrogen) atoms. The Hall–Kier alpha value is -1.75. The van der Waals surface area contributed by atoms with Crippen molar-refractivity contribution < 1.29 is 14.0 Å². The molecule has 5 heteroatoms. The lowest BCUT2D eigenvalue weighted by atomic mass is 10.00. The van der Waals surface area contributed by atoms with Crippen molar-refractivity contribution in [3.8, 4) is 0 Å². The van der Waals surface area contributed by atoms with Crippen LogP contribution in [0.3, 0.4) is 0 Å². The summed E-state index contributed by atoms with van der Waals surface area (Å²) in [6.07, 6.45) is 0. The average Bonchev–Trinajstić information content (AvgIpc) is 2.58. The normalized spacial score (nSPS) is 23.3. The van der Waals surface area contributed by atoms with Gasteiger partial charge in [-0.3, -0.25) is 14.5 Å². The first-order valence-electron chi connectivity index (χ1n) is 6.28. The van der Waals surface area contributed by atoms with Crippen LogP contribution in [0.5, 0.6) is 0 Å². The highest BCUT2D eigenvalue weighted by atomic mass is 19.1. The zero-order chi connectivity index (χ0) is 14.2. The minimum absolute atomic E-state index is 0.0916. The van der Waals surface area contributed by atoms with Crippen LogP contribution < -0.4 is 5.73 Å². The van der Waals surface area contributed by atoms with Gasteiger partial charge in [-0.2, -0.15) is 0 Å². The molecular weight excluding hydrogens is 247 g/mol. The second kappa shape index (κ2) is 5.09. The average molecular weight is 264 g/mol. The predicted octanol–water partition coefficient (Wildman–Crippen LogP) is 1.43. The largest absolute Gasteiger partial charge is 0.326 e. The van der Waals surface area contributed by atoms with E-state index in [2.05, 4.69) is 0 Å². The Labute approximate surface area is 111 Å². The first kappa shape index (κ1) is 13.7. The summed E-state index contributed by atoms with van der Waals surface area (Å²) in [6.45, 7) is 3.77. The van der Waals surface area contributed by atoms with Crippen LogP contribution in [-0.2, 0) is 22.7 Å². The number of amides is 2. The molecule has 2 rings (SSSR count). The van der Waals surface area contributed by atoms with Gasteiger partial charge in [0.1, 0.15) is 5.82 Å². The molecule has 1 aliphatic heterocycles. The van der Waals surface area contributed by atoms with E-state index in [1.165, 1.54) is 11.0 Å². The van der Waals surface area contributed by atoms with Crippen LogP contribution in [0, 0.1) is 17.7 Å². The third-order valence-electron chi connectivity index (χ3n) is 3.73. The Morgan fingerprint density at radius 1 is 1.21 bits per heavy atom. The van der Waals surface area contributed by atoms with Crippen LogP contribution in [0.15, 0.2) is 18.2 Å². The molecule has 1 aromatic carbocycles. The SMILES string of the molecule is CC1C(=O)N(Cc2ccc(F)c(CN)c2)C(=O)C1C. The van der Waals surface area contributed by atoms with Crippen LogP contribution in [-0.4, -0.2) is 16.7 Å². The van der Waals surface area contributed by atoms with E-state index in [9.17, 15) is 14.0 Å². The maximum absolute atomic E-state index is 13.3. The molecule has 1 heterocycles. The van der Waals surface area contributed by atoms with Crippen molar-refractivity contribution in [2.45, 2.75) is 26.9 Å². The van der Waals surface area contributed by atoms with Gasteiger partial charge in [-0.25, -0.2) is 4.39 Å². The molecule has 1 fully saturated rings. The summed E-state index contributed by atoms with van der Waals surface area (Å²) in [5, 5.41) is 0. The van der Waals surface area contributed by atoms with E-state index in [1.807, 2.05) is 0 Å². The van der Waals surface area contributed by atoms with Crippen molar-refractivity contribution in [1.29, 1.82) is 0 Å². The molecule has 2 unspecified atom stereocenters. The molecule has 0 saturated carbocycles. The standard InChI is InChI=1S/C14H17FN2O2/c1-8-9(2)14(19)17(13(8)18)7-10-3-4-12(15)11(5-10)6-16/h3-5,8-9H,6-7,16H2,1-2H3. The summed E-state index contributed by atoms with van der Waals surface area (Å²) < 4.78 is 13.3. The van der Waals surface area contributed by atoms with Gasteiger partial charge in [-0.1, -0.05) is 19.9 Å². The molecule has 2 N–H and O–H groups in total. The number of benzene rings is 1. The number of hydrogen-bond donors (Lipinski definition) is 1. The minimum Gasteiger partial charge on any atom is -0.326 e. The van der Waals surface area contributed by atoms with Gasteiger partial charge in [0.25, 0.3) is 0 Å². The second-order valence-electron chi connectivity index (χ2n) is 4.97. The summed E-state index contributed by atoms with van der Waals surface area (Å²) in [7, 11) is 0. The van der Waals surface area contributed by atoms with Crippen LogP contribution in [0.25, 0.3) is 0 Å². The molecule has 0 aliphatic carbocycles. The van der Waals surface area contributed by atoms with Crippen LogP contribution >= 0.6 is 0 Å². The van der Waals surface area contributed by atoms with Gasteiger partial charge in [-0.15, -0.1) is 0 Å². The first-order chi connectivity index (χ1) is 8.95. The van der Waals surface area contributed by atoms with E-state index >= 15 is 0 Å².